The Morgan fingerprint density at radius 1 is 1.36 bits per heavy atom. The zero-order chi connectivity index (χ0) is 19.0. The lowest BCUT2D eigenvalue weighted by molar-refractivity contribution is -0.116. The van der Waals surface area contributed by atoms with E-state index in [1.54, 1.807) is 0 Å². The van der Waals surface area contributed by atoms with Crippen LogP contribution in [0.3, 0.4) is 0 Å². The maximum Gasteiger partial charge on any atom is 0.225 e. The number of hydrogen-bond acceptors (Lipinski definition) is 3. The molecule has 6 nitrogen and oxygen atoms in total. The summed E-state index contributed by atoms with van der Waals surface area (Å²) in [5, 5.41) is 9.98. The van der Waals surface area contributed by atoms with Gasteiger partial charge in [0.2, 0.25) is 5.91 Å². The van der Waals surface area contributed by atoms with E-state index in [1.807, 2.05) is 18.2 Å². The third kappa shape index (κ3) is 3.87. The number of carbonyl (C=O) groups is 1. The van der Waals surface area contributed by atoms with Crippen molar-refractivity contribution in [1.82, 2.24) is 10.6 Å². The Bertz CT molecular complexity index is 752. The van der Waals surface area contributed by atoms with Crippen molar-refractivity contribution < 1.29 is 9.53 Å². The highest BCUT2D eigenvalue weighted by molar-refractivity contribution is 14.0. The lowest BCUT2D eigenvalue weighted by Gasteiger charge is -2.54. The summed E-state index contributed by atoms with van der Waals surface area (Å²) < 4.78 is 5.90. The SMILES string of the molecule is CCNC(=NCC1CC(=O)Nc2ccccc21)NC1C2CCOC2C1(C)C.I. The van der Waals surface area contributed by atoms with Crippen LogP contribution in [0.25, 0.3) is 0 Å². The van der Waals surface area contributed by atoms with Crippen LogP contribution in [-0.4, -0.2) is 43.7 Å². The van der Waals surface area contributed by atoms with Gasteiger partial charge in [-0.2, -0.15) is 0 Å². The molecule has 0 spiro atoms. The molecule has 1 aromatic carbocycles. The molecule has 0 radical (unpaired) electrons. The molecule has 0 bridgehead atoms. The minimum Gasteiger partial charge on any atom is -0.377 e. The number of fused-ring (bicyclic) bond motifs is 2. The van der Waals surface area contributed by atoms with E-state index in [4.69, 9.17) is 9.73 Å². The van der Waals surface area contributed by atoms with Crippen LogP contribution in [0.2, 0.25) is 0 Å². The largest absolute Gasteiger partial charge is 0.377 e. The summed E-state index contributed by atoms with van der Waals surface area (Å²) in [4.78, 5) is 16.9. The van der Waals surface area contributed by atoms with Crippen molar-refractivity contribution >= 4 is 41.5 Å². The van der Waals surface area contributed by atoms with Gasteiger partial charge in [0.1, 0.15) is 0 Å². The van der Waals surface area contributed by atoms with E-state index in [-0.39, 0.29) is 41.2 Å². The molecule has 3 N–H and O–H groups in total. The van der Waals surface area contributed by atoms with E-state index < -0.39 is 0 Å². The van der Waals surface area contributed by atoms with Crippen molar-refractivity contribution in [2.45, 2.75) is 51.7 Å². The van der Waals surface area contributed by atoms with Crippen molar-refractivity contribution in [2.24, 2.45) is 16.3 Å². The van der Waals surface area contributed by atoms with Crippen molar-refractivity contribution in [3.8, 4) is 0 Å². The molecule has 4 rings (SSSR count). The molecule has 28 heavy (non-hydrogen) atoms. The molecule has 2 heterocycles. The number of rotatable bonds is 4. The highest BCUT2D eigenvalue weighted by Gasteiger charge is 2.59. The predicted octanol–water partition coefficient (Wildman–Crippen LogP) is 3.10. The second-order valence-corrected chi connectivity index (χ2v) is 8.44. The molecule has 3 aliphatic rings. The van der Waals surface area contributed by atoms with Gasteiger partial charge in [-0.05, 0) is 25.0 Å². The van der Waals surface area contributed by atoms with E-state index in [2.05, 4.69) is 42.8 Å². The number of nitrogens with zero attached hydrogens (tertiary/aromatic N) is 1. The second-order valence-electron chi connectivity index (χ2n) is 8.44. The Kier molecular flexibility index (Phi) is 6.54. The van der Waals surface area contributed by atoms with Crippen LogP contribution in [0, 0.1) is 11.3 Å². The molecular weight excluding hydrogens is 467 g/mol. The van der Waals surface area contributed by atoms with Gasteiger partial charge in [-0.15, -0.1) is 24.0 Å². The highest BCUT2D eigenvalue weighted by atomic mass is 127. The number of ether oxygens (including phenoxy) is 1. The van der Waals surface area contributed by atoms with Crippen LogP contribution >= 0.6 is 24.0 Å². The Morgan fingerprint density at radius 3 is 2.93 bits per heavy atom. The normalized spacial score (nSPS) is 30.2. The lowest BCUT2D eigenvalue weighted by Crippen LogP contribution is -2.68. The van der Waals surface area contributed by atoms with Gasteiger partial charge in [0.25, 0.3) is 0 Å². The number of carbonyl (C=O) groups excluding carboxylic acids is 1. The summed E-state index contributed by atoms with van der Waals surface area (Å²) >= 11 is 0. The van der Waals surface area contributed by atoms with Crippen LogP contribution in [-0.2, 0) is 9.53 Å². The van der Waals surface area contributed by atoms with Gasteiger partial charge in [0, 0.05) is 48.6 Å². The van der Waals surface area contributed by atoms with Crippen molar-refractivity contribution in [3.63, 3.8) is 0 Å². The first-order chi connectivity index (χ1) is 13.0. The Labute approximate surface area is 184 Å². The van der Waals surface area contributed by atoms with E-state index in [0.29, 0.717) is 31.0 Å². The number of amides is 1. The van der Waals surface area contributed by atoms with Crippen LogP contribution in [0.15, 0.2) is 29.3 Å². The van der Waals surface area contributed by atoms with Crippen molar-refractivity contribution in [3.05, 3.63) is 29.8 Å². The molecule has 154 valence electrons. The quantitative estimate of drug-likeness (QED) is 0.339. The number of nitrogens with one attached hydrogen (secondary N) is 3. The first-order valence-electron chi connectivity index (χ1n) is 10.1. The van der Waals surface area contributed by atoms with Crippen molar-refractivity contribution in [1.29, 1.82) is 0 Å². The van der Waals surface area contributed by atoms with Crippen LogP contribution < -0.4 is 16.0 Å². The number of hydrogen-bond donors (Lipinski definition) is 3. The first-order valence-corrected chi connectivity index (χ1v) is 10.1. The zero-order valence-electron chi connectivity index (χ0n) is 16.8. The molecule has 2 fully saturated rings. The molecule has 2 aliphatic heterocycles. The first kappa shape index (κ1) is 21.4. The molecule has 1 aliphatic carbocycles. The molecule has 1 amide bonds. The van der Waals surface area contributed by atoms with Gasteiger partial charge in [-0.25, -0.2) is 0 Å². The van der Waals surface area contributed by atoms with E-state index in [1.165, 1.54) is 5.56 Å². The van der Waals surface area contributed by atoms with Gasteiger partial charge < -0.3 is 20.7 Å². The Balaban J connectivity index is 0.00000225. The average molecular weight is 498 g/mol. The summed E-state index contributed by atoms with van der Waals surface area (Å²) in [6.45, 7) is 8.88. The smallest absolute Gasteiger partial charge is 0.225 e. The van der Waals surface area contributed by atoms with Gasteiger partial charge in [0.15, 0.2) is 5.96 Å². The summed E-state index contributed by atoms with van der Waals surface area (Å²) in [6, 6.07) is 8.39. The minimum atomic E-state index is 0. The van der Waals surface area contributed by atoms with Gasteiger partial charge in [0.05, 0.1) is 12.6 Å². The number of halogens is 1. The fourth-order valence-electron chi connectivity index (χ4n) is 4.95. The van der Waals surface area contributed by atoms with E-state index in [9.17, 15) is 4.79 Å². The topological polar surface area (TPSA) is 74.8 Å². The number of para-hydroxylation sites is 1. The monoisotopic (exact) mass is 498 g/mol. The van der Waals surface area contributed by atoms with Crippen LogP contribution in [0.4, 0.5) is 5.69 Å². The average Bonchev–Trinajstić information content (AvgIpc) is 3.10. The number of aliphatic imine (C=N–C) groups is 1. The van der Waals surface area contributed by atoms with Gasteiger partial charge >= 0.3 is 0 Å². The number of guanidine groups is 1. The van der Waals surface area contributed by atoms with Gasteiger partial charge in [-0.3, -0.25) is 9.79 Å². The molecule has 4 atom stereocenters. The van der Waals surface area contributed by atoms with Crippen LogP contribution in [0.5, 0.6) is 0 Å². The second kappa shape index (κ2) is 8.57. The predicted molar refractivity (Wildman–Crippen MR) is 122 cm³/mol. The maximum atomic E-state index is 12.0. The molecule has 1 saturated heterocycles. The molecule has 0 aromatic heterocycles. The standard InChI is InChI=1S/C21H30N4O2.HI/c1-4-22-20(25-18-15-9-10-27-19(15)21(18,2)3)23-12-13-11-17(26)24-16-8-6-5-7-14(13)16;/h5-8,13,15,18-19H,4,9-12H2,1-3H3,(H,24,26)(H2,22,23,25);1H. The molecule has 4 unspecified atom stereocenters. The summed E-state index contributed by atoms with van der Waals surface area (Å²) in [5.41, 5.74) is 2.19. The third-order valence-electron chi connectivity index (χ3n) is 6.31. The highest BCUT2D eigenvalue weighted by Crippen LogP contribution is 2.52. The molecule has 7 heteroatoms. The molecule has 1 aromatic rings. The minimum absolute atomic E-state index is 0. The number of anilines is 1. The lowest BCUT2D eigenvalue weighted by atomic mass is 9.57. The maximum absolute atomic E-state index is 12.0. The van der Waals surface area contributed by atoms with E-state index >= 15 is 0 Å². The fourth-order valence-corrected chi connectivity index (χ4v) is 4.95. The zero-order valence-corrected chi connectivity index (χ0v) is 19.2. The Morgan fingerprint density at radius 2 is 2.14 bits per heavy atom. The van der Waals surface area contributed by atoms with E-state index in [0.717, 1.165) is 31.2 Å². The summed E-state index contributed by atoms with van der Waals surface area (Å²) in [7, 11) is 0. The molecule has 1 saturated carbocycles. The molecular formula is C21H31IN4O2. The fraction of sp³-hybridized carbons (Fsp3) is 0.619. The van der Waals surface area contributed by atoms with Gasteiger partial charge in [-0.1, -0.05) is 32.0 Å². The van der Waals surface area contributed by atoms with Crippen molar-refractivity contribution in [2.75, 3.05) is 25.0 Å². The summed E-state index contributed by atoms with van der Waals surface area (Å²) in [6.07, 6.45) is 1.95. The van der Waals surface area contributed by atoms with Crippen LogP contribution in [0.1, 0.15) is 45.1 Å². The number of benzene rings is 1. The summed E-state index contributed by atoms with van der Waals surface area (Å²) in [5.74, 6) is 1.58. The third-order valence-corrected chi connectivity index (χ3v) is 6.31. The Hall–Kier alpha value is -1.35.